The minimum absolute atomic E-state index is 0.0579. The topological polar surface area (TPSA) is 50.4 Å². The number of fused-ring (bicyclic) bond motifs is 1. The molecule has 0 aromatic rings. The first kappa shape index (κ1) is 4.81. The van der Waals surface area contributed by atoms with Crippen molar-refractivity contribution in [2.45, 2.75) is 6.17 Å². The monoisotopic (exact) mass is 126 g/mol. The molecule has 0 aromatic heterocycles. The molecule has 2 N–H and O–H groups in total. The fraction of sp³-hybridized carbons (Fsp3) is 0.400. The van der Waals surface area contributed by atoms with Gasteiger partial charge in [0.15, 0.2) is 0 Å². The maximum atomic E-state index is 10.4. The van der Waals surface area contributed by atoms with Gasteiger partial charge in [0.25, 0.3) is 0 Å². The second kappa shape index (κ2) is 1.48. The van der Waals surface area contributed by atoms with Crippen molar-refractivity contribution in [1.82, 2.24) is 10.6 Å². The molecule has 4 nitrogen and oxygen atoms in total. The Morgan fingerprint density at radius 2 is 2.67 bits per heavy atom. The van der Waals surface area contributed by atoms with E-state index in [9.17, 15) is 4.79 Å². The minimum atomic E-state index is -0.363. The van der Waals surface area contributed by atoms with Crippen LogP contribution in [0, 0.1) is 0 Å². The first-order valence-corrected chi connectivity index (χ1v) is 2.78. The smallest absolute Gasteiger partial charge is 0.411 e. The molecule has 2 rings (SSSR count). The van der Waals surface area contributed by atoms with Crippen LogP contribution in [0.3, 0.4) is 0 Å². The van der Waals surface area contributed by atoms with E-state index < -0.39 is 0 Å². The summed E-state index contributed by atoms with van der Waals surface area (Å²) in [6, 6.07) is 0. The van der Waals surface area contributed by atoms with Gasteiger partial charge in [-0.1, -0.05) is 0 Å². The van der Waals surface area contributed by atoms with Crippen LogP contribution in [0.2, 0.25) is 0 Å². The van der Waals surface area contributed by atoms with E-state index in [1.54, 1.807) is 0 Å². The fourth-order valence-electron chi connectivity index (χ4n) is 0.973. The van der Waals surface area contributed by atoms with Gasteiger partial charge in [-0.15, -0.1) is 0 Å². The van der Waals surface area contributed by atoms with Crippen molar-refractivity contribution in [2.24, 2.45) is 0 Å². The highest BCUT2D eigenvalue weighted by atomic mass is 16.6. The van der Waals surface area contributed by atoms with Crippen molar-refractivity contribution in [1.29, 1.82) is 0 Å². The Balaban J connectivity index is 2.24. The van der Waals surface area contributed by atoms with Gasteiger partial charge in [0.1, 0.15) is 11.9 Å². The van der Waals surface area contributed by atoms with Crippen molar-refractivity contribution in [3.05, 3.63) is 11.8 Å². The van der Waals surface area contributed by atoms with Crippen molar-refractivity contribution < 1.29 is 9.53 Å². The third kappa shape index (κ3) is 0.598. The van der Waals surface area contributed by atoms with Crippen LogP contribution in [0.5, 0.6) is 0 Å². The molecule has 2 aliphatic rings. The highest BCUT2D eigenvalue weighted by Crippen LogP contribution is 2.13. The highest BCUT2D eigenvalue weighted by molar-refractivity contribution is 5.72. The quantitative estimate of drug-likeness (QED) is 0.461. The average Bonchev–Trinajstić information content (AvgIpc) is 2.22. The minimum Gasteiger partial charge on any atom is -0.411 e. The highest BCUT2D eigenvalue weighted by Gasteiger charge is 2.30. The van der Waals surface area contributed by atoms with E-state index in [1.165, 1.54) is 0 Å². The summed E-state index contributed by atoms with van der Waals surface area (Å²) in [5.41, 5.74) is 0. The SMILES string of the molecule is O=C1NC2NCC=C2O1. The van der Waals surface area contributed by atoms with E-state index in [2.05, 4.69) is 10.6 Å². The molecule has 48 valence electrons. The summed E-state index contributed by atoms with van der Waals surface area (Å²) in [5.74, 6) is 0.708. The third-order valence-corrected chi connectivity index (χ3v) is 1.38. The molecule has 4 heteroatoms. The van der Waals surface area contributed by atoms with Crippen molar-refractivity contribution in [2.75, 3.05) is 6.54 Å². The third-order valence-electron chi connectivity index (χ3n) is 1.38. The predicted octanol–water partition coefficient (Wildman–Crippen LogP) is -0.461. The maximum Gasteiger partial charge on any atom is 0.414 e. The standard InChI is InChI=1S/C5H6N2O2/c8-5-7-4-3(9-5)1-2-6-4/h1,4,6H,2H2,(H,7,8). The number of hydrogen-bond donors (Lipinski definition) is 2. The molecule has 1 unspecified atom stereocenters. The van der Waals surface area contributed by atoms with Gasteiger partial charge in [-0.25, -0.2) is 4.79 Å². The van der Waals surface area contributed by atoms with E-state index in [0.717, 1.165) is 6.54 Å². The van der Waals surface area contributed by atoms with Crippen LogP contribution >= 0.6 is 0 Å². The van der Waals surface area contributed by atoms with Crippen LogP contribution < -0.4 is 10.6 Å². The van der Waals surface area contributed by atoms with Gasteiger partial charge < -0.3 is 4.74 Å². The lowest BCUT2D eigenvalue weighted by atomic mass is 10.5. The first-order valence-electron chi connectivity index (χ1n) is 2.78. The molecule has 0 bridgehead atoms. The molecule has 1 atom stereocenters. The summed E-state index contributed by atoms with van der Waals surface area (Å²) in [7, 11) is 0. The molecule has 0 aliphatic carbocycles. The van der Waals surface area contributed by atoms with E-state index in [0.29, 0.717) is 5.76 Å². The Kier molecular flexibility index (Phi) is 0.790. The summed E-state index contributed by atoms with van der Waals surface area (Å²) in [4.78, 5) is 10.4. The molecule has 2 heterocycles. The number of carbonyl (C=O) groups excluding carboxylic acids is 1. The summed E-state index contributed by atoms with van der Waals surface area (Å²) in [6.07, 6.45) is 1.43. The Hall–Kier alpha value is -1.03. The zero-order valence-corrected chi connectivity index (χ0v) is 4.68. The number of alkyl carbamates (subject to hydrolysis) is 1. The van der Waals surface area contributed by atoms with E-state index in [-0.39, 0.29) is 12.3 Å². The second-order valence-corrected chi connectivity index (χ2v) is 1.98. The number of amides is 1. The summed E-state index contributed by atoms with van der Waals surface area (Å²) in [5, 5.41) is 5.57. The molecule has 2 aliphatic heterocycles. The van der Waals surface area contributed by atoms with Crippen molar-refractivity contribution in [3.63, 3.8) is 0 Å². The fourth-order valence-corrected chi connectivity index (χ4v) is 0.973. The Bertz CT molecular complexity index is 187. The van der Waals surface area contributed by atoms with Crippen LogP contribution in [0.1, 0.15) is 0 Å². The Morgan fingerprint density at radius 3 is 3.44 bits per heavy atom. The van der Waals surface area contributed by atoms with Gasteiger partial charge in [-0.05, 0) is 6.08 Å². The number of nitrogens with one attached hydrogen (secondary N) is 2. The van der Waals surface area contributed by atoms with Crippen molar-refractivity contribution in [3.8, 4) is 0 Å². The summed E-state index contributed by atoms with van der Waals surface area (Å²) in [6.45, 7) is 0.778. The Labute approximate surface area is 51.9 Å². The predicted molar refractivity (Wildman–Crippen MR) is 29.5 cm³/mol. The molecule has 0 saturated carbocycles. The van der Waals surface area contributed by atoms with Gasteiger partial charge in [0.05, 0.1) is 0 Å². The van der Waals surface area contributed by atoms with Gasteiger partial charge in [-0.2, -0.15) is 0 Å². The zero-order chi connectivity index (χ0) is 6.27. The maximum absolute atomic E-state index is 10.4. The zero-order valence-electron chi connectivity index (χ0n) is 4.68. The lowest BCUT2D eigenvalue weighted by Crippen LogP contribution is -2.36. The van der Waals surface area contributed by atoms with Gasteiger partial charge in [-0.3, -0.25) is 10.6 Å². The molecule has 0 spiro atoms. The van der Waals surface area contributed by atoms with Gasteiger partial charge in [0, 0.05) is 6.54 Å². The summed E-state index contributed by atoms with van der Waals surface area (Å²) < 4.78 is 4.73. The first-order chi connectivity index (χ1) is 4.36. The lowest BCUT2D eigenvalue weighted by molar-refractivity contribution is 0.195. The van der Waals surface area contributed by atoms with Gasteiger partial charge in [0.2, 0.25) is 0 Å². The van der Waals surface area contributed by atoms with E-state index >= 15 is 0 Å². The molecular formula is C5H6N2O2. The number of rotatable bonds is 0. The molecule has 1 saturated heterocycles. The van der Waals surface area contributed by atoms with Crippen LogP contribution in [-0.4, -0.2) is 18.8 Å². The van der Waals surface area contributed by atoms with Crippen LogP contribution in [0.15, 0.2) is 11.8 Å². The summed E-state index contributed by atoms with van der Waals surface area (Å²) >= 11 is 0. The number of ether oxygens (including phenoxy) is 1. The van der Waals surface area contributed by atoms with Crippen LogP contribution in [-0.2, 0) is 4.74 Å². The van der Waals surface area contributed by atoms with Crippen molar-refractivity contribution >= 4 is 6.09 Å². The normalized spacial score (nSPS) is 30.9. The molecule has 0 aromatic carbocycles. The van der Waals surface area contributed by atoms with E-state index in [4.69, 9.17) is 4.74 Å². The molecular weight excluding hydrogens is 120 g/mol. The van der Waals surface area contributed by atoms with Gasteiger partial charge >= 0.3 is 6.09 Å². The second-order valence-electron chi connectivity index (χ2n) is 1.98. The Morgan fingerprint density at radius 1 is 1.78 bits per heavy atom. The molecule has 1 amide bonds. The molecule has 0 radical (unpaired) electrons. The average molecular weight is 126 g/mol. The number of carbonyl (C=O) groups is 1. The molecule has 1 fully saturated rings. The van der Waals surface area contributed by atoms with E-state index in [1.807, 2.05) is 6.08 Å². The lowest BCUT2D eigenvalue weighted by Gasteiger charge is -1.99. The largest absolute Gasteiger partial charge is 0.414 e. The van der Waals surface area contributed by atoms with Crippen LogP contribution in [0.4, 0.5) is 4.79 Å². The number of hydrogen-bond acceptors (Lipinski definition) is 3. The molecule has 9 heavy (non-hydrogen) atoms. The van der Waals surface area contributed by atoms with Crippen LogP contribution in [0.25, 0.3) is 0 Å².